The highest BCUT2D eigenvalue weighted by molar-refractivity contribution is 7.90. The summed E-state index contributed by atoms with van der Waals surface area (Å²) in [6.07, 6.45) is 3.26. The summed E-state index contributed by atoms with van der Waals surface area (Å²) in [5.74, 6) is -1.36. The molecule has 1 aromatic heterocycles. The van der Waals surface area contributed by atoms with Crippen LogP contribution >= 0.6 is 11.6 Å². The first-order valence-corrected chi connectivity index (χ1v) is 11.7. The number of carbonyl (C=O) groups excluding carboxylic acids is 1. The molecule has 2 aromatic carbocycles. The SMILES string of the molecule is CCC[C@H](C=O)[C@@H](C[N+](=O)[O-])c1cn(S(=O)(=O)c2ccc(C)cc2)c2cc(Cl)ccc12. The Hall–Kier alpha value is -2.71. The number of aryl methyl sites for hydroxylation is 1. The van der Waals surface area contributed by atoms with Crippen LogP contribution in [0, 0.1) is 23.0 Å². The Bertz CT molecular complexity index is 1220. The third-order valence-corrected chi connectivity index (χ3v) is 7.32. The zero-order valence-corrected chi connectivity index (χ0v) is 18.8. The second-order valence-electron chi connectivity index (χ2n) is 7.57. The Morgan fingerprint density at radius 3 is 2.45 bits per heavy atom. The molecule has 7 nitrogen and oxygen atoms in total. The smallest absolute Gasteiger partial charge is 0.268 e. The predicted octanol–water partition coefficient (Wildman–Crippen LogP) is 4.82. The number of aldehydes is 1. The van der Waals surface area contributed by atoms with E-state index in [4.69, 9.17) is 11.6 Å². The van der Waals surface area contributed by atoms with Crippen LogP contribution in [-0.2, 0) is 14.8 Å². The highest BCUT2D eigenvalue weighted by Gasteiger charge is 2.32. The van der Waals surface area contributed by atoms with Crippen LogP contribution in [0.15, 0.2) is 53.6 Å². The number of nitrogens with zero attached hydrogens (tertiary/aromatic N) is 2. The molecular formula is C22H23ClN2O5S. The van der Waals surface area contributed by atoms with Crippen LogP contribution in [0.1, 0.15) is 36.8 Å². The van der Waals surface area contributed by atoms with Gasteiger partial charge in [0, 0.05) is 27.4 Å². The van der Waals surface area contributed by atoms with Crippen LogP contribution < -0.4 is 0 Å². The zero-order chi connectivity index (χ0) is 22.8. The standard InChI is InChI=1S/C22H23ClN2O5S/c1-3-4-16(14-26)20(13-25(27)28)21-12-24(22-11-17(23)7-10-19(21)22)31(29,30)18-8-5-15(2)6-9-18/h5-12,14,16,20H,3-4,13H2,1-2H3/t16-,20-/m1/s1. The van der Waals surface area contributed by atoms with Gasteiger partial charge in [-0.25, -0.2) is 12.4 Å². The fourth-order valence-electron chi connectivity index (χ4n) is 3.84. The van der Waals surface area contributed by atoms with E-state index in [9.17, 15) is 23.3 Å². The van der Waals surface area contributed by atoms with Gasteiger partial charge in [-0.05, 0) is 43.2 Å². The van der Waals surface area contributed by atoms with Crippen molar-refractivity contribution in [3.05, 3.63) is 74.9 Å². The van der Waals surface area contributed by atoms with E-state index in [0.29, 0.717) is 34.3 Å². The fraction of sp³-hybridized carbons (Fsp3) is 0.318. The topological polar surface area (TPSA) is 99.3 Å². The van der Waals surface area contributed by atoms with Gasteiger partial charge < -0.3 is 4.79 Å². The Morgan fingerprint density at radius 1 is 1.19 bits per heavy atom. The van der Waals surface area contributed by atoms with Crippen molar-refractivity contribution in [1.29, 1.82) is 0 Å². The van der Waals surface area contributed by atoms with Crippen LogP contribution in [0.25, 0.3) is 10.9 Å². The number of aromatic nitrogens is 1. The molecule has 9 heteroatoms. The summed E-state index contributed by atoms with van der Waals surface area (Å²) in [6.45, 7) is 3.27. The summed E-state index contributed by atoms with van der Waals surface area (Å²) >= 11 is 6.15. The molecule has 3 rings (SSSR count). The van der Waals surface area contributed by atoms with Crippen LogP contribution in [-0.4, -0.2) is 30.1 Å². The normalized spacial score (nSPS) is 13.8. The van der Waals surface area contributed by atoms with E-state index in [1.54, 1.807) is 24.3 Å². The maximum atomic E-state index is 13.4. The van der Waals surface area contributed by atoms with Gasteiger partial charge >= 0.3 is 0 Å². The molecule has 0 aliphatic heterocycles. The van der Waals surface area contributed by atoms with Crippen LogP contribution in [0.3, 0.4) is 0 Å². The molecule has 0 bridgehead atoms. The predicted molar refractivity (Wildman–Crippen MR) is 120 cm³/mol. The van der Waals surface area contributed by atoms with Crippen molar-refractivity contribution >= 4 is 38.8 Å². The van der Waals surface area contributed by atoms with Gasteiger partial charge in [-0.15, -0.1) is 0 Å². The van der Waals surface area contributed by atoms with Gasteiger partial charge in [0.25, 0.3) is 10.0 Å². The average molecular weight is 463 g/mol. The highest BCUT2D eigenvalue weighted by atomic mass is 35.5. The maximum absolute atomic E-state index is 13.4. The number of hydrogen-bond donors (Lipinski definition) is 0. The van der Waals surface area contributed by atoms with Gasteiger partial charge in [0.2, 0.25) is 6.54 Å². The van der Waals surface area contributed by atoms with Crippen molar-refractivity contribution in [2.24, 2.45) is 5.92 Å². The first kappa shape index (κ1) is 23.0. The average Bonchev–Trinajstić information content (AvgIpc) is 3.10. The van der Waals surface area contributed by atoms with Gasteiger partial charge in [-0.2, -0.15) is 0 Å². The number of hydrogen-bond acceptors (Lipinski definition) is 5. The van der Waals surface area contributed by atoms with Crippen LogP contribution in [0.5, 0.6) is 0 Å². The maximum Gasteiger partial charge on any atom is 0.268 e. The highest BCUT2D eigenvalue weighted by Crippen LogP contribution is 2.36. The van der Waals surface area contributed by atoms with E-state index >= 15 is 0 Å². The van der Waals surface area contributed by atoms with Crippen molar-refractivity contribution < 1.29 is 18.1 Å². The summed E-state index contributed by atoms with van der Waals surface area (Å²) in [5.41, 5.74) is 1.68. The molecule has 0 unspecified atom stereocenters. The number of carbonyl (C=O) groups is 1. The van der Waals surface area contributed by atoms with E-state index in [2.05, 4.69) is 0 Å². The largest absolute Gasteiger partial charge is 0.303 e. The second-order valence-corrected chi connectivity index (χ2v) is 9.82. The molecule has 0 amide bonds. The number of halogens is 1. The molecule has 0 fully saturated rings. The minimum absolute atomic E-state index is 0.0906. The lowest BCUT2D eigenvalue weighted by Crippen LogP contribution is -2.22. The minimum atomic E-state index is -3.99. The van der Waals surface area contributed by atoms with Crippen molar-refractivity contribution in [1.82, 2.24) is 3.97 Å². The molecule has 0 saturated carbocycles. The van der Waals surface area contributed by atoms with E-state index < -0.39 is 33.3 Å². The second kappa shape index (κ2) is 9.20. The fourth-order valence-corrected chi connectivity index (χ4v) is 5.37. The molecule has 0 aliphatic rings. The van der Waals surface area contributed by atoms with Gasteiger partial charge in [0.1, 0.15) is 6.29 Å². The van der Waals surface area contributed by atoms with Gasteiger partial charge in [-0.1, -0.05) is 48.7 Å². The summed E-state index contributed by atoms with van der Waals surface area (Å²) in [7, 11) is -3.99. The molecule has 0 spiro atoms. The summed E-state index contributed by atoms with van der Waals surface area (Å²) in [4.78, 5) is 22.8. The molecule has 0 saturated heterocycles. The summed E-state index contributed by atoms with van der Waals surface area (Å²) < 4.78 is 27.9. The molecule has 0 aliphatic carbocycles. The van der Waals surface area contributed by atoms with E-state index in [-0.39, 0.29) is 4.90 Å². The lowest BCUT2D eigenvalue weighted by atomic mass is 9.84. The molecule has 0 radical (unpaired) electrons. The first-order chi connectivity index (χ1) is 14.7. The van der Waals surface area contributed by atoms with Crippen molar-refractivity contribution in [2.75, 3.05) is 6.54 Å². The van der Waals surface area contributed by atoms with Crippen molar-refractivity contribution in [2.45, 2.75) is 37.5 Å². The summed E-state index contributed by atoms with van der Waals surface area (Å²) in [6, 6.07) is 11.2. The van der Waals surface area contributed by atoms with Crippen molar-refractivity contribution in [3.8, 4) is 0 Å². The molecule has 1 heterocycles. The third kappa shape index (κ3) is 4.65. The molecule has 31 heavy (non-hydrogen) atoms. The van der Waals surface area contributed by atoms with Crippen LogP contribution in [0.4, 0.5) is 0 Å². The Kier molecular flexibility index (Phi) is 6.81. The molecule has 164 valence electrons. The molecular weight excluding hydrogens is 440 g/mol. The zero-order valence-electron chi connectivity index (χ0n) is 17.2. The number of benzene rings is 2. The summed E-state index contributed by atoms with van der Waals surface area (Å²) in [5, 5.41) is 12.3. The monoisotopic (exact) mass is 462 g/mol. The number of rotatable bonds is 9. The minimum Gasteiger partial charge on any atom is -0.303 e. The van der Waals surface area contributed by atoms with Crippen molar-refractivity contribution in [3.63, 3.8) is 0 Å². The molecule has 3 aromatic rings. The lowest BCUT2D eigenvalue weighted by Gasteiger charge is -2.18. The first-order valence-electron chi connectivity index (χ1n) is 9.88. The Balaban J connectivity index is 2.27. The van der Waals surface area contributed by atoms with Crippen LogP contribution in [0.2, 0.25) is 5.02 Å². The number of fused-ring (bicyclic) bond motifs is 1. The Labute approximate surface area is 185 Å². The van der Waals surface area contributed by atoms with Gasteiger partial charge in [0.15, 0.2) is 0 Å². The molecule has 0 N–H and O–H groups in total. The van der Waals surface area contributed by atoms with E-state index in [1.807, 2.05) is 13.8 Å². The van der Waals surface area contributed by atoms with E-state index in [0.717, 1.165) is 15.8 Å². The van der Waals surface area contributed by atoms with E-state index in [1.165, 1.54) is 24.4 Å². The third-order valence-electron chi connectivity index (χ3n) is 5.40. The van der Waals surface area contributed by atoms with Gasteiger partial charge in [-0.3, -0.25) is 10.1 Å². The Morgan fingerprint density at radius 2 is 1.87 bits per heavy atom. The number of nitro groups is 1. The lowest BCUT2D eigenvalue weighted by molar-refractivity contribution is -0.484. The quantitative estimate of drug-likeness (QED) is 0.258. The van der Waals surface area contributed by atoms with Gasteiger partial charge in [0.05, 0.1) is 16.3 Å². The molecule has 2 atom stereocenters.